The largest absolute Gasteiger partial charge is 0.480 e. The average Bonchev–Trinajstić information content (AvgIpc) is 3.41. The molecule has 0 spiro atoms. The van der Waals surface area contributed by atoms with Crippen LogP contribution >= 0.6 is 11.8 Å². The number of aromatic nitrogens is 1. The number of nitrogens with two attached hydrogens (primary N) is 2. The Morgan fingerprint density at radius 3 is 2.19 bits per heavy atom. The molecule has 43 heavy (non-hydrogen) atoms. The smallest absolute Gasteiger partial charge is 0.326 e. The molecular weight excluding hydrogens is 568 g/mol. The third-order valence-electron chi connectivity index (χ3n) is 7.17. The zero-order valence-electron chi connectivity index (χ0n) is 24.4. The first-order chi connectivity index (χ1) is 20.7. The first-order valence-electron chi connectivity index (χ1n) is 14.4. The highest BCUT2D eigenvalue weighted by Crippen LogP contribution is 2.19. The van der Waals surface area contributed by atoms with Gasteiger partial charge in [-0.25, -0.2) is 4.79 Å². The summed E-state index contributed by atoms with van der Waals surface area (Å²) in [4.78, 5) is 55.0. The van der Waals surface area contributed by atoms with Gasteiger partial charge in [0.15, 0.2) is 0 Å². The summed E-state index contributed by atoms with van der Waals surface area (Å²) in [6.45, 7) is 0.423. The molecule has 0 aliphatic rings. The normalized spacial score (nSPS) is 13.9. The van der Waals surface area contributed by atoms with E-state index < -0.39 is 47.9 Å². The van der Waals surface area contributed by atoms with Gasteiger partial charge in [-0.2, -0.15) is 11.8 Å². The van der Waals surface area contributed by atoms with Crippen LogP contribution in [0, 0.1) is 0 Å². The second kappa shape index (κ2) is 17.3. The number of carbonyl (C=O) groups is 4. The fraction of sp³-hybridized carbons (Fsp3) is 0.419. The number of nitrogens with one attached hydrogen (secondary N) is 4. The summed E-state index contributed by atoms with van der Waals surface area (Å²) in [6.07, 6.45) is 5.80. The lowest BCUT2D eigenvalue weighted by Crippen LogP contribution is -2.57. The first kappa shape index (κ1) is 33.6. The van der Waals surface area contributed by atoms with Gasteiger partial charge in [-0.3, -0.25) is 14.4 Å². The highest BCUT2D eigenvalue weighted by molar-refractivity contribution is 7.98. The highest BCUT2D eigenvalue weighted by Gasteiger charge is 2.30. The number of thioether (sulfide) groups is 1. The molecule has 3 amide bonds. The average molecular weight is 611 g/mol. The Balaban J connectivity index is 1.74. The van der Waals surface area contributed by atoms with Gasteiger partial charge in [-0.05, 0) is 67.9 Å². The fourth-order valence-electron chi connectivity index (χ4n) is 4.77. The van der Waals surface area contributed by atoms with Crippen molar-refractivity contribution < 1.29 is 24.3 Å². The Morgan fingerprint density at radius 2 is 1.49 bits per heavy atom. The summed E-state index contributed by atoms with van der Waals surface area (Å²) in [5, 5.41) is 18.7. The van der Waals surface area contributed by atoms with Crippen LogP contribution in [0.1, 0.15) is 36.8 Å². The molecule has 1 aromatic heterocycles. The Morgan fingerprint density at radius 1 is 0.837 bits per heavy atom. The van der Waals surface area contributed by atoms with E-state index in [-0.39, 0.29) is 25.7 Å². The van der Waals surface area contributed by atoms with E-state index in [9.17, 15) is 24.3 Å². The summed E-state index contributed by atoms with van der Waals surface area (Å²) >= 11 is 1.49. The summed E-state index contributed by atoms with van der Waals surface area (Å²) in [5.74, 6) is -2.26. The molecule has 3 aromatic rings. The number of aromatic amines is 1. The van der Waals surface area contributed by atoms with Gasteiger partial charge in [0.2, 0.25) is 17.7 Å². The molecule has 4 atom stereocenters. The molecule has 1 heterocycles. The van der Waals surface area contributed by atoms with Crippen LogP contribution in [0.4, 0.5) is 0 Å². The van der Waals surface area contributed by atoms with Crippen molar-refractivity contribution in [1.29, 1.82) is 0 Å². The maximum atomic E-state index is 13.6. The van der Waals surface area contributed by atoms with E-state index in [0.29, 0.717) is 25.1 Å². The van der Waals surface area contributed by atoms with E-state index in [1.165, 1.54) is 11.8 Å². The number of hydrogen-bond donors (Lipinski definition) is 7. The molecule has 0 saturated heterocycles. The molecule has 3 rings (SSSR count). The Bertz CT molecular complexity index is 1350. The number of carboxylic acids is 1. The van der Waals surface area contributed by atoms with E-state index in [1.807, 2.05) is 67.0 Å². The minimum atomic E-state index is -1.15. The van der Waals surface area contributed by atoms with Crippen molar-refractivity contribution in [3.63, 3.8) is 0 Å². The molecule has 0 bridgehead atoms. The molecule has 0 radical (unpaired) electrons. The van der Waals surface area contributed by atoms with Crippen LogP contribution in [0.15, 0.2) is 60.8 Å². The van der Waals surface area contributed by atoms with Gasteiger partial charge < -0.3 is 37.5 Å². The van der Waals surface area contributed by atoms with E-state index in [1.54, 1.807) is 0 Å². The maximum Gasteiger partial charge on any atom is 0.326 e. The van der Waals surface area contributed by atoms with Crippen LogP contribution in [0.25, 0.3) is 10.9 Å². The Kier molecular flexibility index (Phi) is 13.5. The van der Waals surface area contributed by atoms with Crippen LogP contribution in [0.3, 0.4) is 0 Å². The number of fused-ring (bicyclic) bond motifs is 1. The van der Waals surface area contributed by atoms with Crippen LogP contribution in [-0.2, 0) is 32.0 Å². The Labute approximate surface area is 255 Å². The molecule has 0 fully saturated rings. The first-order valence-corrected chi connectivity index (χ1v) is 15.8. The lowest BCUT2D eigenvalue weighted by atomic mass is 10.0. The van der Waals surface area contributed by atoms with Crippen molar-refractivity contribution in [2.24, 2.45) is 11.5 Å². The van der Waals surface area contributed by atoms with E-state index in [2.05, 4.69) is 20.9 Å². The molecular formula is C31H42N6O5S. The number of H-pyrrole nitrogens is 1. The monoisotopic (exact) mass is 610 g/mol. The van der Waals surface area contributed by atoms with E-state index >= 15 is 0 Å². The van der Waals surface area contributed by atoms with E-state index in [0.717, 1.165) is 22.0 Å². The molecule has 0 aliphatic carbocycles. The van der Waals surface area contributed by atoms with Crippen molar-refractivity contribution in [1.82, 2.24) is 20.9 Å². The van der Waals surface area contributed by atoms with Crippen molar-refractivity contribution >= 4 is 46.4 Å². The van der Waals surface area contributed by atoms with E-state index in [4.69, 9.17) is 11.5 Å². The number of benzene rings is 2. The predicted octanol–water partition coefficient (Wildman–Crippen LogP) is 1.70. The summed E-state index contributed by atoms with van der Waals surface area (Å²) < 4.78 is 0. The maximum absolute atomic E-state index is 13.6. The molecule has 4 unspecified atom stereocenters. The van der Waals surface area contributed by atoms with Crippen LogP contribution in [0.2, 0.25) is 0 Å². The van der Waals surface area contributed by atoms with Crippen LogP contribution in [0.5, 0.6) is 0 Å². The van der Waals surface area contributed by atoms with Gasteiger partial charge in [-0.15, -0.1) is 0 Å². The second-order valence-electron chi connectivity index (χ2n) is 10.4. The van der Waals surface area contributed by atoms with Gasteiger partial charge in [-0.1, -0.05) is 48.5 Å². The number of aliphatic carboxylic acids is 1. The van der Waals surface area contributed by atoms with Crippen molar-refractivity contribution in [2.75, 3.05) is 18.6 Å². The molecule has 9 N–H and O–H groups in total. The number of carbonyl (C=O) groups excluding carboxylic acids is 3. The summed E-state index contributed by atoms with van der Waals surface area (Å²) in [7, 11) is 0. The second-order valence-corrected chi connectivity index (χ2v) is 11.4. The molecule has 11 nitrogen and oxygen atoms in total. The molecule has 0 saturated carbocycles. The van der Waals surface area contributed by atoms with Gasteiger partial charge >= 0.3 is 5.97 Å². The SMILES string of the molecule is CSCCC(NC(=O)C(Cc1ccccc1)NC(=O)C(N)Cc1c[nH]c2ccccc12)C(=O)NC(CCCCN)C(=O)O. The predicted molar refractivity (Wildman–Crippen MR) is 169 cm³/mol. The number of unbranched alkanes of at least 4 members (excludes halogenated alkanes) is 1. The van der Waals surface area contributed by atoms with Crippen LogP contribution in [-0.4, -0.2) is 76.5 Å². The number of carboxylic acid groups (broad SMARTS) is 1. The minimum Gasteiger partial charge on any atom is -0.480 e. The third-order valence-corrected chi connectivity index (χ3v) is 7.82. The number of rotatable bonds is 18. The number of amides is 3. The van der Waals surface area contributed by atoms with Gasteiger partial charge in [0.05, 0.1) is 6.04 Å². The van der Waals surface area contributed by atoms with Crippen molar-refractivity contribution in [3.8, 4) is 0 Å². The molecule has 2 aromatic carbocycles. The van der Waals surface area contributed by atoms with Crippen molar-refractivity contribution in [2.45, 2.75) is 62.7 Å². The lowest BCUT2D eigenvalue weighted by molar-refractivity contribution is -0.142. The Hall–Kier alpha value is -3.87. The molecule has 12 heteroatoms. The topological polar surface area (TPSA) is 192 Å². The van der Waals surface area contributed by atoms with Gasteiger partial charge in [0.1, 0.15) is 18.1 Å². The minimum absolute atomic E-state index is 0.173. The third kappa shape index (κ3) is 10.4. The zero-order chi connectivity index (χ0) is 31.2. The van der Waals surface area contributed by atoms with Gasteiger partial charge in [0.25, 0.3) is 0 Å². The summed E-state index contributed by atoms with van der Waals surface area (Å²) in [6, 6.07) is 12.9. The fourth-order valence-corrected chi connectivity index (χ4v) is 5.24. The van der Waals surface area contributed by atoms with Crippen molar-refractivity contribution in [3.05, 3.63) is 71.9 Å². The molecule has 232 valence electrons. The number of para-hydroxylation sites is 1. The lowest BCUT2D eigenvalue weighted by Gasteiger charge is -2.25. The molecule has 0 aliphatic heterocycles. The number of hydrogen-bond acceptors (Lipinski definition) is 7. The summed E-state index contributed by atoms with van der Waals surface area (Å²) in [5.41, 5.74) is 14.4. The standard InChI is InChI=1S/C31H42N6O5S/c1-43-16-14-25(29(39)36-26(31(41)42)13-7-8-15-32)35-30(40)27(17-20-9-3-2-4-10-20)37-28(38)23(33)18-21-19-34-24-12-6-5-11-22(21)24/h2-6,9-12,19,23,25-27,34H,7-8,13-18,32-33H2,1H3,(H,35,40)(H,36,39)(H,37,38)(H,41,42). The van der Waals surface area contributed by atoms with Crippen LogP contribution < -0.4 is 27.4 Å². The zero-order valence-corrected chi connectivity index (χ0v) is 25.2. The quantitative estimate of drug-likeness (QED) is 0.106. The van der Waals surface area contributed by atoms with Gasteiger partial charge in [0, 0.05) is 23.5 Å². The highest BCUT2D eigenvalue weighted by atomic mass is 32.2.